The van der Waals surface area contributed by atoms with E-state index in [4.69, 9.17) is 0 Å². The van der Waals surface area contributed by atoms with Crippen molar-refractivity contribution in [2.75, 3.05) is 39.3 Å². The summed E-state index contributed by atoms with van der Waals surface area (Å²) in [7, 11) is 0. The second-order valence-corrected chi connectivity index (χ2v) is 10.5. The highest BCUT2D eigenvalue weighted by Crippen LogP contribution is 2.71. The number of hydrogen-bond acceptors (Lipinski definition) is 3. The van der Waals surface area contributed by atoms with Gasteiger partial charge in [-0.25, -0.2) is 8.78 Å². The molecular formula is C20H13F22N3O2. The largest absolute Gasteiger partial charge is 0.384 e. The van der Waals surface area contributed by atoms with Crippen molar-refractivity contribution >= 4 is 11.8 Å². The number of nitrogens with zero attached hydrogens (tertiary/aromatic N) is 2. The first-order valence-electron chi connectivity index (χ1n) is 12.0. The van der Waals surface area contributed by atoms with Gasteiger partial charge in [-0.2, -0.15) is 87.8 Å². The van der Waals surface area contributed by atoms with E-state index in [0.717, 1.165) is 0 Å². The van der Waals surface area contributed by atoms with Gasteiger partial charge in [-0.05, 0) is 0 Å². The summed E-state index contributed by atoms with van der Waals surface area (Å²) in [5.41, 5.74) is -14.1. The van der Waals surface area contributed by atoms with Gasteiger partial charge in [0.15, 0.2) is 0 Å². The van der Waals surface area contributed by atoms with Crippen LogP contribution in [-0.4, -0.2) is 131 Å². The smallest absolute Gasteiger partial charge is 0.352 e. The molecule has 0 unspecified atom stereocenters. The van der Waals surface area contributed by atoms with Crippen molar-refractivity contribution in [2.24, 2.45) is 0 Å². The maximum Gasteiger partial charge on any atom is 0.384 e. The average molecular weight is 745 g/mol. The van der Waals surface area contributed by atoms with Gasteiger partial charge in [0.05, 0.1) is 0 Å². The summed E-state index contributed by atoms with van der Waals surface area (Å²) in [5, 5.41) is 0.690. The molecule has 2 saturated carbocycles. The van der Waals surface area contributed by atoms with E-state index < -0.39 is 127 Å². The minimum atomic E-state index is -7.63. The maximum absolute atomic E-state index is 15.0. The van der Waals surface area contributed by atoms with Crippen molar-refractivity contribution in [1.29, 1.82) is 0 Å². The number of carbonyl (C=O) groups is 2. The lowest BCUT2D eigenvalue weighted by Gasteiger charge is -2.52. The van der Waals surface area contributed by atoms with E-state index in [9.17, 15) is 106 Å². The maximum atomic E-state index is 15.0. The van der Waals surface area contributed by atoms with E-state index in [2.05, 4.69) is 0 Å². The number of amides is 2. The molecule has 3 fully saturated rings. The van der Waals surface area contributed by atoms with Crippen LogP contribution in [0.15, 0.2) is 0 Å². The van der Waals surface area contributed by atoms with Crippen molar-refractivity contribution in [3.8, 4) is 0 Å². The van der Waals surface area contributed by atoms with Crippen LogP contribution in [0.2, 0.25) is 0 Å². The van der Waals surface area contributed by atoms with Crippen LogP contribution in [-0.2, 0) is 9.59 Å². The van der Waals surface area contributed by atoms with Gasteiger partial charge in [-0.3, -0.25) is 14.5 Å². The molecule has 0 aromatic heterocycles. The molecule has 2 aliphatic carbocycles. The van der Waals surface area contributed by atoms with Gasteiger partial charge in [-0.15, -0.1) is 0 Å². The van der Waals surface area contributed by atoms with Crippen molar-refractivity contribution in [3.63, 3.8) is 0 Å². The molecule has 1 N–H and O–H groups in total. The molecule has 0 aromatic rings. The fraction of sp³-hybridized carbons (Fsp3) is 0.900. The molecule has 1 heterocycles. The molecule has 2 amide bonds. The second-order valence-electron chi connectivity index (χ2n) is 10.5. The molecule has 5 nitrogen and oxygen atoms in total. The summed E-state index contributed by atoms with van der Waals surface area (Å²) < 4.78 is 304. The molecule has 0 radical (unpaired) electrons. The molecule has 0 spiro atoms. The third kappa shape index (κ3) is 3.93. The summed E-state index contributed by atoms with van der Waals surface area (Å²) in [5.74, 6) is -83.1. The zero-order valence-electron chi connectivity index (χ0n) is 21.8. The first-order chi connectivity index (χ1) is 20.5. The Balaban J connectivity index is 1.76. The Labute approximate surface area is 244 Å². The second kappa shape index (κ2) is 9.97. The Kier molecular flexibility index (Phi) is 8.23. The lowest BCUT2D eigenvalue weighted by Crippen LogP contribution is -2.86. The van der Waals surface area contributed by atoms with E-state index in [-0.39, 0.29) is 0 Å². The Bertz CT molecular complexity index is 1230. The molecule has 47 heavy (non-hydrogen) atoms. The van der Waals surface area contributed by atoms with Crippen LogP contribution in [0.5, 0.6) is 0 Å². The molecular weight excluding hydrogens is 732 g/mol. The lowest BCUT2D eigenvalue weighted by molar-refractivity contribution is -0.477. The number of nitrogens with one attached hydrogen (secondary N) is 1. The zero-order valence-corrected chi connectivity index (χ0v) is 21.8. The summed E-state index contributed by atoms with van der Waals surface area (Å²) in [6.07, 6.45) is 0. The quantitative estimate of drug-likeness (QED) is 0.402. The first-order valence-corrected chi connectivity index (χ1v) is 12.0. The molecule has 27 heteroatoms. The fourth-order valence-corrected chi connectivity index (χ4v) is 4.84. The number of halogens is 22. The van der Waals surface area contributed by atoms with Crippen LogP contribution in [0.1, 0.15) is 0 Å². The molecule has 3 rings (SSSR count). The van der Waals surface area contributed by atoms with Gasteiger partial charge in [-0.1, -0.05) is 0 Å². The van der Waals surface area contributed by atoms with E-state index in [1.165, 1.54) is 0 Å². The third-order valence-electron chi connectivity index (χ3n) is 7.87. The van der Waals surface area contributed by atoms with Crippen LogP contribution in [0.25, 0.3) is 0 Å². The molecule has 1 saturated heterocycles. The minimum Gasteiger partial charge on any atom is -0.352 e. The van der Waals surface area contributed by atoms with Crippen LogP contribution in [0, 0.1) is 0 Å². The highest BCUT2D eigenvalue weighted by atomic mass is 19.4. The topological polar surface area (TPSA) is 52.7 Å². The van der Waals surface area contributed by atoms with Crippen molar-refractivity contribution in [1.82, 2.24) is 15.1 Å². The van der Waals surface area contributed by atoms with Gasteiger partial charge >= 0.3 is 70.6 Å². The van der Waals surface area contributed by atoms with E-state index in [0.29, 0.717) is 10.2 Å². The normalized spacial score (nSPS) is 31.4. The minimum absolute atomic E-state index is 0.587. The number of hydrogen-bond donors (Lipinski definition) is 1. The predicted octanol–water partition coefficient (Wildman–Crippen LogP) is 5.04. The fourth-order valence-electron chi connectivity index (χ4n) is 4.84. The highest BCUT2D eigenvalue weighted by molar-refractivity contribution is 5.89. The molecule has 3 aliphatic rings. The Morgan fingerprint density at radius 1 is 0.426 bits per heavy atom. The van der Waals surface area contributed by atoms with Gasteiger partial charge in [0.25, 0.3) is 11.8 Å². The molecule has 0 aromatic carbocycles. The highest BCUT2D eigenvalue weighted by Gasteiger charge is 3.04. The SMILES string of the molecule is O=C(NCCN1CCN(C(=O)C2(F)C(F)(F)C(F)(F)C(F)(F)C(F)(F)C2(F)F)CC1)C1(F)C(F)(F)C(F)(F)C(F)(F)C(F)(F)C1(F)F. The summed E-state index contributed by atoms with van der Waals surface area (Å²) in [6, 6.07) is 0. The standard InChI is InChI=1S/C20H13F22N3O2/c21-9(11(23,24)15(31,32)19(39,40)16(33,34)12(9,25)26)7(46)43-1-2-44-3-5-45(6-4-44)8(47)10(22)13(27,28)17(35,36)20(41,42)18(37,38)14(10,29)30/h1-6H2,(H,43,46). The Morgan fingerprint density at radius 2 is 0.702 bits per heavy atom. The van der Waals surface area contributed by atoms with Crippen LogP contribution < -0.4 is 5.32 Å². The number of carbonyl (C=O) groups excluding carboxylic acids is 2. The van der Waals surface area contributed by atoms with Crippen molar-refractivity contribution in [2.45, 2.75) is 70.6 Å². The van der Waals surface area contributed by atoms with Gasteiger partial charge in [0, 0.05) is 39.3 Å². The number of alkyl halides is 22. The third-order valence-corrected chi connectivity index (χ3v) is 7.87. The molecule has 1 aliphatic heterocycles. The molecule has 274 valence electrons. The van der Waals surface area contributed by atoms with E-state index in [1.54, 1.807) is 0 Å². The molecule has 0 atom stereocenters. The summed E-state index contributed by atoms with van der Waals surface area (Å²) in [6.45, 7) is -7.72. The monoisotopic (exact) mass is 745 g/mol. The summed E-state index contributed by atoms with van der Waals surface area (Å²) in [4.78, 5) is 24.1. The van der Waals surface area contributed by atoms with E-state index >= 15 is 0 Å². The number of rotatable bonds is 5. The van der Waals surface area contributed by atoms with Crippen LogP contribution in [0.4, 0.5) is 96.6 Å². The van der Waals surface area contributed by atoms with Crippen LogP contribution in [0.3, 0.4) is 0 Å². The average Bonchev–Trinajstić information content (AvgIpc) is 2.93. The van der Waals surface area contributed by atoms with Gasteiger partial charge in [0.1, 0.15) is 0 Å². The zero-order chi connectivity index (χ0) is 37.3. The number of piperazine rings is 1. The first kappa shape index (κ1) is 38.8. The van der Waals surface area contributed by atoms with Gasteiger partial charge < -0.3 is 10.2 Å². The predicted molar refractivity (Wildman–Crippen MR) is 103 cm³/mol. The van der Waals surface area contributed by atoms with E-state index in [1.807, 2.05) is 0 Å². The van der Waals surface area contributed by atoms with Crippen molar-refractivity contribution < 1.29 is 106 Å². The summed E-state index contributed by atoms with van der Waals surface area (Å²) >= 11 is 0. The van der Waals surface area contributed by atoms with Crippen molar-refractivity contribution in [3.05, 3.63) is 0 Å². The Hall–Kier alpha value is -2.64. The van der Waals surface area contributed by atoms with Gasteiger partial charge in [0.2, 0.25) is 0 Å². The molecule has 0 bridgehead atoms. The lowest BCUT2D eigenvalue weighted by atomic mass is 9.71. The Morgan fingerprint density at radius 3 is 1.02 bits per heavy atom. The van der Waals surface area contributed by atoms with Crippen LogP contribution >= 0.6 is 0 Å².